The minimum atomic E-state index is -0.212. The van der Waals surface area contributed by atoms with E-state index in [1.165, 1.54) is 67.5 Å². The molecule has 3 heterocycles. The number of unbranched alkanes of at least 4 members (excludes halogenated alkanes) is 9. The Kier molecular flexibility index (Phi) is 13.5. The van der Waals surface area contributed by atoms with Gasteiger partial charge in [-0.25, -0.2) is 4.98 Å². The van der Waals surface area contributed by atoms with Gasteiger partial charge in [0.05, 0.1) is 10.5 Å². The minimum Gasteiger partial charge on any atom is -0.382 e. The summed E-state index contributed by atoms with van der Waals surface area (Å²) < 4.78 is 7.52. The molecule has 1 saturated heterocycles. The van der Waals surface area contributed by atoms with E-state index >= 15 is 0 Å². The van der Waals surface area contributed by atoms with Crippen LogP contribution in [0.4, 0.5) is 5.82 Å². The molecule has 0 aliphatic carbocycles. The van der Waals surface area contributed by atoms with Crippen LogP contribution in [0.2, 0.25) is 0 Å². The molecule has 1 amide bonds. The first kappa shape index (κ1) is 31.3. The molecule has 0 spiro atoms. The van der Waals surface area contributed by atoms with Gasteiger partial charge < -0.3 is 10.1 Å². The van der Waals surface area contributed by atoms with Gasteiger partial charge in [-0.3, -0.25) is 18.9 Å². The highest BCUT2D eigenvalue weighted by molar-refractivity contribution is 8.26. The first-order valence-electron chi connectivity index (χ1n) is 14.6. The first-order valence-corrected chi connectivity index (χ1v) is 15.8. The Labute approximate surface area is 242 Å². The van der Waals surface area contributed by atoms with Crippen molar-refractivity contribution in [2.24, 2.45) is 0 Å². The number of nitrogens with one attached hydrogen (secondary N) is 1. The fourth-order valence-electron chi connectivity index (χ4n) is 4.63. The average Bonchev–Trinajstić information content (AvgIpc) is 3.19. The van der Waals surface area contributed by atoms with Crippen molar-refractivity contribution in [1.82, 2.24) is 14.3 Å². The Balaban J connectivity index is 1.65. The maximum Gasteiger partial charge on any atom is 0.267 e. The van der Waals surface area contributed by atoms with Gasteiger partial charge in [0.2, 0.25) is 0 Å². The van der Waals surface area contributed by atoms with E-state index in [9.17, 15) is 9.59 Å². The van der Waals surface area contributed by atoms with Crippen molar-refractivity contribution in [3.8, 4) is 0 Å². The van der Waals surface area contributed by atoms with E-state index in [0.29, 0.717) is 52.6 Å². The van der Waals surface area contributed by atoms with Gasteiger partial charge in [0.25, 0.3) is 11.5 Å². The Morgan fingerprint density at radius 1 is 1.00 bits per heavy atom. The second-order valence-electron chi connectivity index (χ2n) is 10.1. The number of fused-ring (bicyclic) bond motifs is 1. The number of carbonyl (C=O) groups is 1. The third kappa shape index (κ3) is 9.43. The molecule has 2 aromatic heterocycles. The highest BCUT2D eigenvalue weighted by Crippen LogP contribution is 2.33. The lowest BCUT2D eigenvalue weighted by atomic mass is 10.1. The maximum atomic E-state index is 13.5. The van der Waals surface area contributed by atoms with Crippen molar-refractivity contribution in [2.45, 2.75) is 91.4 Å². The zero-order valence-corrected chi connectivity index (χ0v) is 25.4. The van der Waals surface area contributed by atoms with Gasteiger partial charge in [0.1, 0.15) is 15.8 Å². The molecule has 9 heteroatoms. The van der Waals surface area contributed by atoms with Crippen molar-refractivity contribution in [3.05, 3.63) is 44.7 Å². The summed E-state index contributed by atoms with van der Waals surface area (Å²) in [5.74, 6) is 0.345. The van der Waals surface area contributed by atoms with Gasteiger partial charge in [0, 0.05) is 32.5 Å². The lowest BCUT2D eigenvalue weighted by Crippen LogP contribution is -2.29. The summed E-state index contributed by atoms with van der Waals surface area (Å²) in [6, 6.07) is 3.76. The SMILES string of the molecule is CCCCCCCCCCCCN1C(=O)/C(=C\c2c(NCCCOCC)nc3ccc(C)cn3c2=O)SC1=S. The lowest BCUT2D eigenvalue weighted by Gasteiger charge is -2.14. The minimum absolute atomic E-state index is 0.128. The number of anilines is 1. The van der Waals surface area contributed by atoms with E-state index in [-0.39, 0.29) is 11.5 Å². The lowest BCUT2D eigenvalue weighted by molar-refractivity contribution is -0.122. The molecule has 1 aliphatic heterocycles. The molecule has 1 N–H and O–H groups in total. The van der Waals surface area contributed by atoms with Gasteiger partial charge in [-0.05, 0) is 44.4 Å². The second-order valence-corrected chi connectivity index (χ2v) is 11.8. The third-order valence-electron chi connectivity index (χ3n) is 6.85. The van der Waals surface area contributed by atoms with Gasteiger partial charge in [0.15, 0.2) is 0 Å². The summed E-state index contributed by atoms with van der Waals surface area (Å²) in [6.45, 7) is 8.67. The van der Waals surface area contributed by atoms with Crippen molar-refractivity contribution in [3.63, 3.8) is 0 Å². The number of thiocarbonyl (C=S) groups is 1. The van der Waals surface area contributed by atoms with Gasteiger partial charge >= 0.3 is 0 Å². The molecule has 0 saturated carbocycles. The standard InChI is InChI=1S/C30H44N4O3S2/c1-4-6-7-8-9-10-11-12-13-14-19-33-29(36)25(39-30(33)38)21-24-27(31-18-15-20-37-5-2)32-26-17-16-23(3)22-34(26)28(24)35/h16-17,21-22,31H,4-15,18-20H2,1-3H3/b25-21+. The highest BCUT2D eigenvalue weighted by atomic mass is 32.2. The Morgan fingerprint density at radius 3 is 2.38 bits per heavy atom. The van der Waals surface area contributed by atoms with Crippen molar-refractivity contribution < 1.29 is 9.53 Å². The molecule has 0 bridgehead atoms. The molecule has 39 heavy (non-hydrogen) atoms. The van der Waals surface area contributed by atoms with Crippen molar-refractivity contribution in [2.75, 3.05) is 31.6 Å². The Hall–Kier alpha value is -2.23. The fraction of sp³-hybridized carbons (Fsp3) is 0.600. The predicted octanol–water partition coefficient (Wildman–Crippen LogP) is 6.96. The zero-order valence-electron chi connectivity index (χ0n) is 23.8. The number of rotatable bonds is 18. The van der Waals surface area contributed by atoms with Crippen LogP contribution in [0.25, 0.3) is 11.7 Å². The van der Waals surface area contributed by atoms with Crippen LogP contribution in [-0.2, 0) is 9.53 Å². The molecular formula is C30H44N4O3S2. The number of nitrogens with zero attached hydrogens (tertiary/aromatic N) is 3. The molecular weight excluding hydrogens is 528 g/mol. The molecule has 214 valence electrons. The summed E-state index contributed by atoms with van der Waals surface area (Å²) in [5.41, 5.74) is 1.67. The van der Waals surface area contributed by atoms with E-state index in [0.717, 1.165) is 24.8 Å². The van der Waals surface area contributed by atoms with E-state index in [1.807, 2.05) is 26.0 Å². The number of ether oxygens (including phenoxy) is 1. The van der Waals surface area contributed by atoms with Crippen LogP contribution >= 0.6 is 24.0 Å². The fourth-order valence-corrected chi connectivity index (χ4v) is 5.92. The van der Waals surface area contributed by atoms with Crippen LogP contribution in [0.1, 0.15) is 95.6 Å². The van der Waals surface area contributed by atoms with Crippen molar-refractivity contribution >= 4 is 51.7 Å². The largest absolute Gasteiger partial charge is 0.382 e. The van der Waals surface area contributed by atoms with Gasteiger partial charge in [-0.15, -0.1) is 0 Å². The van der Waals surface area contributed by atoms with E-state index < -0.39 is 0 Å². The smallest absolute Gasteiger partial charge is 0.267 e. The topological polar surface area (TPSA) is 75.9 Å². The second kappa shape index (κ2) is 16.8. The zero-order chi connectivity index (χ0) is 28.0. The van der Waals surface area contributed by atoms with Crippen LogP contribution in [0.15, 0.2) is 28.0 Å². The monoisotopic (exact) mass is 572 g/mol. The number of pyridine rings is 1. The quantitative estimate of drug-likeness (QED) is 0.118. The number of hydrogen-bond acceptors (Lipinski definition) is 7. The van der Waals surface area contributed by atoms with E-state index in [4.69, 9.17) is 21.9 Å². The maximum absolute atomic E-state index is 13.5. The summed E-state index contributed by atoms with van der Waals surface area (Å²) in [7, 11) is 0. The molecule has 0 atom stereocenters. The van der Waals surface area contributed by atoms with E-state index in [1.54, 1.807) is 17.2 Å². The first-order chi connectivity index (χ1) is 19.0. The number of carbonyl (C=O) groups excluding carboxylic acids is 1. The third-order valence-corrected chi connectivity index (χ3v) is 8.23. The molecule has 1 fully saturated rings. The van der Waals surface area contributed by atoms with Crippen LogP contribution in [-0.4, -0.2) is 50.8 Å². The molecule has 2 aromatic rings. The molecule has 1 aliphatic rings. The number of amides is 1. The summed E-state index contributed by atoms with van der Waals surface area (Å²) >= 11 is 6.81. The summed E-state index contributed by atoms with van der Waals surface area (Å²) in [6.07, 6.45) is 16.6. The number of aromatic nitrogens is 2. The molecule has 0 aromatic carbocycles. The number of thioether (sulfide) groups is 1. The van der Waals surface area contributed by atoms with E-state index in [2.05, 4.69) is 12.2 Å². The predicted molar refractivity (Wildman–Crippen MR) is 168 cm³/mol. The number of aryl methyl sites for hydroxylation is 1. The van der Waals surface area contributed by atoms with Gasteiger partial charge in [-0.1, -0.05) is 94.8 Å². The van der Waals surface area contributed by atoms with Crippen LogP contribution in [0, 0.1) is 6.92 Å². The van der Waals surface area contributed by atoms with Crippen LogP contribution in [0.3, 0.4) is 0 Å². The molecule has 7 nitrogen and oxygen atoms in total. The number of hydrogen-bond donors (Lipinski definition) is 1. The van der Waals surface area contributed by atoms with Crippen LogP contribution in [0.5, 0.6) is 0 Å². The summed E-state index contributed by atoms with van der Waals surface area (Å²) in [4.78, 5) is 33.6. The molecule has 0 radical (unpaired) electrons. The average molecular weight is 573 g/mol. The summed E-state index contributed by atoms with van der Waals surface area (Å²) in [5, 5.41) is 3.29. The Morgan fingerprint density at radius 2 is 1.69 bits per heavy atom. The normalized spacial score (nSPS) is 14.7. The van der Waals surface area contributed by atoms with Crippen molar-refractivity contribution in [1.29, 1.82) is 0 Å². The molecule has 3 rings (SSSR count). The highest BCUT2D eigenvalue weighted by Gasteiger charge is 2.32. The van der Waals surface area contributed by atoms with Gasteiger partial charge in [-0.2, -0.15) is 0 Å². The Bertz CT molecular complexity index is 1190. The molecule has 0 unspecified atom stereocenters. The van der Waals surface area contributed by atoms with Crippen LogP contribution < -0.4 is 10.9 Å².